The Morgan fingerprint density at radius 3 is 2.83 bits per heavy atom. The first-order valence-electron chi connectivity index (χ1n) is 9.60. The number of nitro benzene ring substituents is 1. The van der Waals surface area contributed by atoms with Crippen LogP contribution in [0.2, 0.25) is 0 Å². The topological polar surface area (TPSA) is 122 Å². The van der Waals surface area contributed by atoms with E-state index in [9.17, 15) is 24.5 Å². The minimum Gasteiger partial charge on any atom is -0.383 e. The Morgan fingerprint density at radius 1 is 1.31 bits per heavy atom. The number of urea groups is 1. The third-order valence-corrected chi connectivity index (χ3v) is 6.14. The zero-order valence-electron chi connectivity index (χ0n) is 16.1. The second-order valence-electron chi connectivity index (χ2n) is 7.63. The number of non-ortho nitro benzene ring substituents is 1. The molecule has 10 heteroatoms. The summed E-state index contributed by atoms with van der Waals surface area (Å²) in [6.45, 7) is 0.828. The smallest absolute Gasteiger partial charge is 0.330 e. The van der Waals surface area contributed by atoms with Crippen molar-refractivity contribution in [3.8, 4) is 0 Å². The Kier molecular flexibility index (Phi) is 4.73. The van der Waals surface area contributed by atoms with Gasteiger partial charge in [-0.05, 0) is 30.9 Å². The van der Waals surface area contributed by atoms with Crippen LogP contribution in [0.4, 0.5) is 16.2 Å². The van der Waals surface area contributed by atoms with E-state index in [0.29, 0.717) is 18.5 Å². The number of benzene rings is 1. The molecule has 2 saturated heterocycles. The number of nitrogens with one attached hydrogen (secondary N) is 1. The Hall–Kier alpha value is -3.01. The molecule has 1 N–H and O–H groups in total. The Balaban J connectivity index is 1.83. The van der Waals surface area contributed by atoms with E-state index in [1.165, 1.54) is 19.2 Å². The summed E-state index contributed by atoms with van der Waals surface area (Å²) < 4.78 is 5.00. The fraction of sp³-hybridized carbons (Fsp3) is 0.526. The first-order chi connectivity index (χ1) is 13.9. The minimum atomic E-state index is -1.50. The maximum atomic E-state index is 13.5. The summed E-state index contributed by atoms with van der Waals surface area (Å²) in [5.74, 6) is -1.19. The van der Waals surface area contributed by atoms with E-state index in [-0.39, 0.29) is 25.3 Å². The molecule has 0 aliphatic carbocycles. The SMILES string of the molecule is COCCN1C(=O)NC(=O)[C@]2(Cc3cc([N+](=O)[O-])ccc3N3CCCC[C@@H]32)C1=O. The highest BCUT2D eigenvalue weighted by atomic mass is 16.6. The molecule has 3 heterocycles. The van der Waals surface area contributed by atoms with Crippen molar-refractivity contribution in [1.82, 2.24) is 10.2 Å². The monoisotopic (exact) mass is 402 g/mol. The lowest BCUT2D eigenvalue weighted by Gasteiger charge is -2.53. The van der Waals surface area contributed by atoms with Crippen LogP contribution in [0.5, 0.6) is 0 Å². The molecule has 1 aromatic rings. The largest absolute Gasteiger partial charge is 0.383 e. The van der Waals surface area contributed by atoms with E-state index < -0.39 is 34.2 Å². The lowest BCUT2D eigenvalue weighted by Crippen LogP contribution is -2.72. The van der Waals surface area contributed by atoms with Gasteiger partial charge in [0.15, 0.2) is 5.41 Å². The van der Waals surface area contributed by atoms with Crippen molar-refractivity contribution in [2.24, 2.45) is 5.41 Å². The van der Waals surface area contributed by atoms with Crippen LogP contribution in [0.25, 0.3) is 0 Å². The molecule has 0 bridgehead atoms. The van der Waals surface area contributed by atoms with Crippen molar-refractivity contribution in [2.75, 3.05) is 31.7 Å². The number of nitro groups is 1. The highest BCUT2D eigenvalue weighted by Gasteiger charge is 2.62. The average molecular weight is 402 g/mol. The van der Waals surface area contributed by atoms with Gasteiger partial charge in [0.1, 0.15) is 0 Å². The number of carbonyl (C=O) groups excluding carboxylic acids is 3. The Morgan fingerprint density at radius 2 is 2.10 bits per heavy atom. The zero-order valence-corrected chi connectivity index (χ0v) is 16.1. The number of fused-ring (bicyclic) bond motifs is 4. The number of amides is 4. The molecule has 10 nitrogen and oxygen atoms in total. The minimum absolute atomic E-state index is 0.0204. The first-order valence-corrected chi connectivity index (χ1v) is 9.60. The molecule has 0 aromatic heterocycles. The summed E-state index contributed by atoms with van der Waals surface area (Å²) in [5.41, 5.74) is -0.205. The zero-order chi connectivity index (χ0) is 20.8. The summed E-state index contributed by atoms with van der Waals surface area (Å²) in [6.07, 6.45) is 2.40. The Bertz CT molecular complexity index is 903. The number of methoxy groups -OCH3 is 1. The van der Waals surface area contributed by atoms with Crippen LogP contribution in [-0.2, 0) is 20.7 Å². The predicted molar refractivity (Wildman–Crippen MR) is 101 cm³/mol. The summed E-state index contributed by atoms with van der Waals surface area (Å²) in [5, 5.41) is 13.6. The molecular weight excluding hydrogens is 380 g/mol. The van der Waals surface area contributed by atoms with Gasteiger partial charge in [-0.1, -0.05) is 0 Å². The number of piperidine rings is 1. The molecule has 3 aliphatic heterocycles. The van der Waals surface area contributed by atoms with Crippen molar-refractivity contribution in [3.63, 3.8) is 0 Å². The number of barbiturate groups is 1. The molecule has 154 valence electrons. The summed E-state index contributed by atoms with van der Waals surface area (Å²) in [4.78, 5) is 52.8. The number of hydrogen-bond donors (Lipinski definition) is 1. The molecule has 4 amide bonds. The fourth-order valence-electron chi connectivity index (χ4n) is 4.80. The van der Waals surface area contributed by atoms with Crippen LogP contribution in [0, 0.1) is 15.5 Å². The number of ether oxygens (including phenoxy) is 1. The maximum Gasteiger partial charge on any atom is 0.330 e. The van der Waals surface area contributed by atoms with Gasteiger partial charge in [-0.2, -0.15) is 0 Å². The number of nitrogens with zero attached hydrogens (tertiary/aromatic N) is 3. The number of imide groups is 2. The third kappa shape index (κ3) is 2.86. The quantitative estimate of drug-likeness (QED) is 0.456. The molecule has 3 aliphatic rings. The van der Waals surface area contributed by atoms with E-state index in [0.717, 1.165) is 23.4 Å². The normalized spacial score (nSPS) is 26.2. The van der Waals surface area contributed by atoms with Gasteiger partial charge in [-0.15, -0.1) is 0 Å². The second-order valence-corrected chi connectivity index (χ2v) is 7.63. The Labute approximate surface area is 166 Å². The van der Waals surface area contributed by atoms with Crippen LogP contribution in [0.15, 0.2) is 18.2 Å². The predicted octanol–water partition coefficient (Wildman–Crippen LogP) is 1.22. The molecule has 2 fully saturated rings. The highest BCUT2D eigenvalue weighted by molar-refractivity contribution is 6.20. The first kappa shape index (κ1) is 19.3. The molecule has 29 heavy (non-hydrogen) atoms. The number of carbonyl (C=O) groups is 3. The third-order valence-electron chi connectivity index (χ3n) is 6.14. The average Bonchev–Trinajstić information content (AvgIpc) is 2.71. The van der Waals surface area contributed by atoms with E-state index in [2.05, 4.69) is 5.32 Å². The lowest BCUT2D eigenvalue weighted by atomic mass is 9.66. The highest BCUT2D eigenvalue weighted by Crippen LogP contribution is 2.48. The van der Waals surface area contributed by atoms with Crippen molar-refractivity contribution in [2.45, 2.75) is 31.7 Å². The van der Waals surface area contributed by atoms with Crippen LogP contribution in [0.3, 0.4) is 0 Å². The molecule has 1 spiro atoms. The van der Waals surface area contributed by atoms with Gasteiger partial charge >= 0.3 is 6.03 Å². The summed E-state index contributed by atoms with van der Waals surface area (Å²) >= 11 is 0. The molecule has 0 radical (unpaired) electrons. The van der Waals surface area contributed by atoms with Gasteiger partial charge in [0.25, 0.3) is 5.69 Å². The van der Waals surface area contributed by atoms with Crippen molar-refractivity contribution in [3.05, 3.63) is 33.9 Å². The van der Waals surface area contributed by atoms with Crippen molar-refractivity contribution >= 4 is 29.2 Å². The van der Waals surface area contributed by atoms with Gasteiger partial charge in [-0.25, -0.2) is 4.79 Å². The van der Waals surface area contributed by atoms with E-state index >= 15 is 0 Å². The number of rotatable bonds is 4. The maximum absolute atomic E-state index is 13.5. The molecule has 0 saturated carbocycles. The molecular formula is C19H22N4O6. The van der Waals surface area contributed by atoms with Gasteiger partial charge in [0, 0.05) is 37.9 Å². The number of hydrogen-bond acceptors (Lipinski definition) is 7. The van der Waals surface area contributed by atoms with E-state index in [1.54, 1.807) is 6.07 Å². The fourth-order valence-corrected chi connectivity index (χ4v) is 4.80. The summed E-state index contributed by atoms with van der Waals surface area (Å²) in [6, 6.07) is 3.40. The van der Waals surface area contributed by atoms with E-state index in [1.807, 2.05) is 4.90 Å². The van der Waals surface area contributed by atoms with Crippen LogP contribution in [-0.4, -0.2) is 60.5 Å². The van der Waals surface area contributed by atoms with Crippen molar-refractivity contribution < 1.29 is 24.0 Å². The van der Waals surface area contributed by atoms with E-state index in [4.69, 9.17) is 4.74 Å². The van der Waals surface area contributed by atoms with Crippen molar-refractivity contribution in [1.29, 1.82) is 0 Å². The molecule has 2 atom stereocenters. The van der Waals surface area contributed by atoms with Gasteiger partial charge < -0.3 is 9.64 Å². The number of anilines is 1. The van der Waals surface area contributed by atoms with Crippen LogP contribution in [0.1, 0.15) is 24.8 Å². The summed E-state index contributed by atoms with van der Waals surface area (Å²) in [7, 11) is 1.46. The van der Waals surface area contributed by atoms with Gasteiger partial charge in [0.05, 0.1) is 24.1 Å². The van der Waals surface area contributed by atoms with Crippen LogP contribution >= 0.6 is 0 Å². The van der Waals surface area contributed by atoms with Gasteiger partial charge in [-0.3, -0.25) is 29.9 Å². The standard InChI is InChI=1S/C19H22N4O6/c1-29-9-8-22-17(25)19(16(24)20-18(22)26)11-12-10-13(23(27)28)5-6-14(12)21-7-3-2-4-15(19)21/h5-6,10,15H,2-4,7-9,11H2,1H3,(H,20,24,26)/t15-,19-/m1/s1. The lowest BCUT2D eigenvalue weighted by molar-refractivity contribution is -0.384. The molecule has 1 aromatic carbocycles. The van der Waals surface area contributed by atoms with Crippen LogP contribution < -0.4 is 10.2 Å². The van der Waals surface area contributed by atoms with Gasteiger partial charge in [0.2, 0.25) is 11.8 Å². The molecule has 0 unspecified atom stereocenters. The second kappa shape index (κ2) is 7.11. The molecule has 4 rings (SSSR count).